The maximum Gasteiger partial charge on any atom is 0.251 e. The maximum absolute atomic E-state index is 12.4. The second-order valence-corrected chi connectivity index (χ2v) is 5.94. The Morgan fingerprint density at radius 2 is 1.64 bits per heavy atom. The van der Waals surface area contributed by atoms with Gasteiger partial charge in [0.2, 0.25) is 11.8 Å². The minimum atomic E-state index is -0.541. The summed E-state index contributed by atoms with van der Waals surface area (Å²) in [6.07, 6.45) is 0. The summed E-state index contributed by atoms with van der Waals surface area (Å²) in [5, 5.41) is 10.9. The number of rotatable bonds is 5. The summed E-state index contributed by atoms with van der Waals surface area (Å²) >= 11 is 0. The molecule has 0 saturated heterocycles. The summed E-state index contributed by atoms with van der Waals surface area (Å²) < 4.78 is 5.70. The molecule has 1 aromatic heterocycles. The lowest BCUT2D eigenvalue weighted by Gasteiger charge is -2.13. The third-order valence-electron chi connectivity index (χ3n) is 3.89. The number of amides is 1. The van der Waals surface area contributed by atoms with Crippen molar-refractivity contribution >= 4 is 5.91 Å². The van der Waals surface area contributed by atoms with E-state index >= 15 is 0 Å². The molecule has 0 aliphatic rings. The van der Waals surface area contributed by atoms with Crippen LogP contribution in [0.15, 0.2) is 52.9 Å². The highest BCUT2D eigenvalue weighted by molar-refractivity contribution is 5.94. The lowest BCUT2D eigenvalue weighted by Crippen LogP contribution is -2.33. The van der Waals surface area contributed by atoms with Gasteiger partial charge in [0.15, 0.2) is 0 Å². The van der Waals surface area contributed by atoms with Crippen molar-refractivity contribution in [3.05, 3.63) is 71.1 Å². The zero-order valence-corrected chi connectivity index (χ0v) is 14.2. The number of aryl methyl sites for hydroxylation is 2. The zero-order valence-electron chi connectivity index (χ0n) is 14.2. The number of nitrogens with one attached hydrogen (secondary N) is 1. The number of nitrogens with two attached hydrogens (primary N) is 1. The topological polar surface area (TPSA) is 94.0 Å². The highest BCUT2D eigenvalue weighted by Gasteiger charge is 2.20. The number of carbonyl (C=O) groups excluding carboxylic acids is 1. The van der Waals surface area contributed by atoms with E-state index in [1.54, 1.807) is 12.1 Å². The van der Waals surface area contributed by atoms with Crippen molar-refractivity contribution in [1.82, 2.24) is 15.5 Å². The van der Waals surface area contributed by atoms with E-state index in [0.29, 0.717) is 17.3 Å². The average molecular weight is 336 g/mol. The molecule has 0 aliphatic carbocycles. The number of benzene rings is 2. The quantitative estimate of drug-likeness (QED) is 0.747. The number of nitrogens with zero attached hydrogens (tertiary/aromatic N) is 2. The molecule has 2 aromatic carbocycles. The molecule has 128 valence electrons. The van der Waals surface area contributed by atoms with E-state index in [-0.39, 0.29) is 12.5 Å². The van der Waals surface area contributed by atoms with Gasteiger partial charge in [0.25, 0.3) is 5.91 Å². The van der Waals surface area contributed by atoms with E-state index < -0.39 is 6.04 Å². The first-order chi connectivity index (χ1) is 12.1. The highest BCUT2D eigenvalue weighted by Crippen LogP contribution is 2.21. The molecule has 25 heavy (non-hydrogen) atoms. The Labute approximate surface area is 146 Å². The molecule has 6 heteroatoms. The Morgan fingerprint density at radius 3 is 2.24 bits per heavy atom. The first-order valence-corrected chi connectivity index (χ1v) is 8.05. The Kier molecular flexibility index (Phi) is 4.90. The Balaban J connectivity index is 1.76. The van der Waals surface area contributed by atoms with Crippen LogP contribution in [-0.4, -0.2) is 22.6 Å². The van der Waals surface area contributed by atoms with Crippen LogP contribution in [0.1, 0.15) is 33.4 Å². The van der Waals surface area contributed by atoms with Gasteiger partial charge >= 0.3 is 0 Å². The normalized spacial score (nSPS) is 12.0. The van der Waals surface area contributed by atoms with Crippen molar-refractivity contribution < 1.29 is 9.21 Å². The molecule has 3 N–H and O–H groups in total. The SMILES string of the molecule is Cc1ccc(C(=O)NC(CN)c2nnc(-c3ccc(C)cc3)o2)cc1. The van der Waals surface area contributed by atoms with Gasteiger partial charge in [-0.15, -0.1) is 10.2 Å². The second kappa shape index (κ2) is 7.27. The molecule has 3 aromatic rings. The molecule has 1 amide bonds. The Morgan fingerprint density at radius 1 is 1.04 bits per heavy atom. The fourth-order valence-corrected chi connectivity index (χ4v) is 2.36. The van der Waals surface area contributed by atoms with Crippen molar-refractivity contribution in [1.29, 1.82) is 0 Å². The molecule has 0 bridgehead atoms. The van der Waals surface area contributed by atoms with Gasteiger partial charge in [0.1, 0.15) is 6.04 Å². The molecule has 0 spiro atoms. The summed E-state index contributed by atoms with van der Waals surface area (Å²) in [5.41, 5.74) is 9.40. The monoisotopic (exact) mass is 336 g/mol. The van der Waals surface area contributed by atoms with Crippen molar-refractivity contribution in [3.63, 3.8) is 0 Å². The van der Waals surface area contributed by atoms with Crippen molar-refractivity contribution in [2.75, 3.05) is 6.54 Å². The van der Waals surface area contributed by atoms with Crippen LogP contribution in [-0.2, 0) is 0 Å². The predicted molar refractivity (Wildman–Crippen MR) is 94.9 cm³/mol. The lowest BCUT2D eigenvalue weighted by atomic mass is 10.1. The summed E-state index contributed by atoms with van der Waals surface area (Å²) in [5.74, 6) is 0.460. The molecule has 1 atom stereocenters. The van der Waals surface area contributed by atoms with E-state index in [9.17, 15) is 4.79 Å². The third-order valence-corrected chi connectivity index (χ3v) is 3.89. The van der Waals surface area contributed by atoms with Crippen molar-refractivity contribution in [2.45, 2.75) is 19.9 Å². The first-order valence-electron chi connectivity index (χ1n) is 8.05. The number of carbonyl (C=O) groups is 1. The van der Waals surface area contributed by atoms with Gasteiger partial charge in [0.05, 0.1) is 0 Å². The van der Waals surface area contributed by atoms with Crippen molar-refractivity contribution in [3.8, 4) is 11.5 Å². The van der Waals surface area contributed by atoms with Crippen molar-refractivity contribution in [2.24, 2.45) is 5.73 Å². The van der Waals surface area contributed by atoms with E-state index in [4.69, 9.17) is 10.2 Å². The number of hydrogen-bond donors (Lipinski definition) is 2. The molecule has 3 rings (SSSR count). The van der Waals surface area contributed by atoms with Crippen LogP contribution in [0, 0.1) is 13.8 Å². The standard InChI is InChI=1S/C19H20N4O2/c1-12-3-7-14(8-4-12)17(24)21-16(11-20)19-23-22-18(25-19)15-9-5-13(2)6-10-15/h3-10,16H,11,20H2,1-2H3,(H,21,24). The fourth-order valence-electron chi connectivity index (χ4n) is 2.36. The summed E-state index contributed by atoms with van der Waals surface area (Å²) in [4.78, 5) is 12.4. The molecule has 0 fully saturated rings. The number of aromatic nitrogens is 2. The maximum atomic E-state index is 12.4. The van der Waals surface area contributed by atoms with Gasteiger partial charge in [-0.05, 0) is 38.1 Å². The van der Waals surface area contributed by atoms with Gasteiger partial charge in [-0.1, -0.05) is 35.4 Å². The van der Waals surface area contributed by atoms with Crippen LogP contribution < -0.4 is 11.1 Å². The van der Waals surface area contributed by atoms with E-state index in [2.05, 4.69) is 15.5 Å². The minimum absolute atomic E-state index is 0.160. The van der Waals surface area contributed by atoms with E-state index in [1.807, 2.05) is 50.2 Å². The van der Waals surface area contributed by atoms with Gasteiger partial charge < -0.3 is 15.5 Å². The molecular formula is C19H20N4O2. The summed E-state index contributed by atoms with van der Waals surface area (Å²) in [7, 11) is 0. The lowest BCUT2D eigenvalue weighted by molar-refractivity contribution is 0.0932. The van der Waals surface area contributed by atoms with E-state index in [0.717, 1.165) is 16.7 Å². The average Bonchev–Trinajstić information content (AvgIpc) is 3.10. The van der Waals surface area contributed by atoms with Gasteiger partial charge in [0, 0.05) is 17.7 Å². The largest absolute Gasteiger partial charge is 0.418 e. The van der Waals surface area contributed by atoms with Crippen LogP contribution in [0.25, 0.3) is 11.5 Å². The number of hydrogen-bond acceptors (Lipinski definition) is 5. The smallest absolute Gasteiger partial charge is 0.251 e. The van der Waals surface area contributed by atoms with Gasteiger partial charge in [-0.2, -0.15) is 0 Å². The first kappa shape index (κ1) is 16.9. The van der Waals surface area contributed by atoms with Crippen LogP contribution in [0.4, 0.5) is 0 Å². The second-order valence-electron chi connectivity index (χ2n) is 5.94. The Bertz CT molecular complexity index is 854. The van der Waals surface area contributed by atoms with E-state index in [1.165, 1.54) is 0 Å². The van der Waals surface area contributed by atoms with Crippen LogP contribution in [0.5, 0.6) is 0 Å². The molecule has 1 heterocycles. The van der Waals surface area contributed by atoms with Gasteiger partial charge in [-0.25, -0.2) is 0 Å². The van der Waals surface area contributed by atoms with Crippen LogP contribution in [0.2, 0.25) is 0 Å². The van der Waals surface area contributed by atoms with Crippen LogP contribution in [0.3, 0.4) is 0 Å². The molecule has 6 nitrogen and oxygen atoms in total. The van der Waals surface area contributed by atoms with Gasteiger partial charge in [-0.3, -0.25) is 4.79 Å². The predicted octanol–water partition coefficient (Wildman–Crippen LogP) is 2.78. The molecular weight excluding hydrogens is 316 g/mol. The fraction of sp³-hybridized carbons (Fsp3) is 0.211. The Hall–Kier alpha value is -2.99. The van der Waals surface area contributed by atoms with Crippen LogP contribution >= 0.6 is 0 Å². The molecule has 0 radical (unpaired) electrons. The molecule has 0 saturated carbocycles. The zero-order chi connectivity index (χ0) is 17.8. The third kappa shape index (κ3) is 3.92. The molecule has 1 unspecified atom stereocenters. The molecule has 0 aliphatic heterocycles. The summed E-state index contributed by atoms with van der Waals surface area (Å²) in [6, 6.07) is 14.5. The summed E-state index contributed by atoms with van der Waals surface area (Å²) in [6.45, 7) is 4.14. The minimum Gasteiger partial charge on any atom is -0.418 e. The highest BCUT2D eigenvalue weighted by atomic mass is 16.4.